The predicted octanol–water partition coefficient (Wildman–Crippen LogP) is 2.31. The maximum atomic E-state index is 12.1. The number of benzene rings is 1. The summed E-state index contributed by atoms with van der Waals surface area (Å²) in [5, 5.41) is 26.8. The van der Waals surface area contributed by atoms with Gasteiger partial charge in [-0.1, -0.05) is 20.8 Å². The normalized spacial score (nSPS) is 15.8. The number of nitrogens with zero attached hydrogens (tertiary/aromatic N) is 1. The number of anilines is 1. The summed E-state index contributed by atoms with van der Waals surface area (Å²) in [4.78, 5) is 22.8. The molecule has 0 bridgehead atoms. The SMILES string of the molecule is CC(C)(C)C(O)CNC(=O)c1ccc(NC2CC2)c([N+](=O)[O-])c1. The first kappa shape index (κ1) is 17.2. The average Bonchev–Trinajstić information content (AvgIpc) is 3.27. The van der Waals surface area contributed by atoms with Gasteiger partial charge in [-0.05, 0) is 30.4 Å². The lowest BCUT2D eigenvalue weighted by Gasteiger charge is -2.25. The van der Waals surface area contributed by atoms with Crippen LogP contribution in [0.3, 0.4) is 0 Å². The van der Waals surface area contributed by atoms with Crippen LogP contribution in [0.2, 0.25) is 0 Å². The quantitative estimate of drug-likeness (QED) is 0.551. The molecule has 1 amide bonds. The number of hydrogen-bond donors (Lipinski definition) is 3. The zero-order valence-corrected chi connectivity index (χ0v) is 13.6. The number of nitro groups is 1. The van der Waals surface area contributed by atoms with Gasteiger partial charge in [-0.25, -0.2) is 0 Å². The number of aliphatic hydroxyl groups excluding tert-OH is 1. The highest BCUT2D eigenvalue weighted by Gasteiger charge is 2.26. The summed E-state index contributed by atoms with van der Waals surface area (Å²) in [6.07, 6.45) is 1.31. The summed E-state index contributed by atoms with van der Waals surface area (Å²) in [6.45, 7) is 5.70. The van der Waals surface area contributed by atoms with Gasteiger partial charge in [-0.2, -0.15) is 0 Å². The average molecular weight is 321 g/mol. The number of amides is 1. The van der Waals surface area contributed by atoms with E-state index in [4.69, 9.17) is 0 Å². The third-order valence-electron chi connectivity index (χ3n) is 3.85. The molecule has 2 rings (SSSR count). The Bertz CT molecular complexity index is 606. The molecule has 1 unspecified atom stereocenters. The van der Waals surface area contributed by atoms with E-state index in [1.165, 1.54) is 6.07 Å². The van der Waals surface area contributed by atoms with E-state index in [1.807, 2.05) is 20.8 Å². The van der Waals surface area contributed by atoms with Crippen molar-refractivity contribution in [1.29, 1.82) is 0 Å². The van der Waals surface area contributed by atoms with E-state index in [9.17, 15) is 20.0 Å². The smallest absolute Gasteiger partial charge is 0.293 e. The van der Waals surface area contributed by atoms with Crippen LogP contribution in [0.4, 0.5) is 11.4 Å². The fraction of sp³-hybridized carbons (Fsp3) is 0.562. The molecule has 1 atom stereocenters. The van der Waals surface area contributed by atoms with Gasteiger partial charge in [-0.15, -0.1) is 0 Å². The van der Waals surface area contributed by atoms with Crippen molar-refractivity contribution in [3.63, 3.8) is 0 Å². The largest absolute Gasteiger partial charge is 0.391 e. The zero-order valence-electron chi connectivity index (χ0n) is 13.6. The second-order valence-electron chi connectivity index (χ2n) is 7.00. The number of hydrogen-bond acceptors (Lipinski definition) is 5. The molecule has 1 aliphatic carbocycles. The summed E-state index contributed by atoms with van der Waals surface area (Å²) < 4.78 is 0. The first-order valence-corrected chi connectivity index (χ1v) is 7.69. The third-order valence-corrected chi connectivity index (χ3v) is 3.85. The number of carbonyl (C=O) groups excluding carboxylic acids is 1. The number of rotatable bonds is 6. The highest BCUT2D eigenvalue weighted by molar-refractivity contribution is 5.95. The van der Waals surface area contributed by atoms with Crippen LogP contribution in [0, 0.1) is 15.5 Å². The second-order valence-corrected chi connectivity index (χ2v) is 7.00. The Morgan fingerprint density at radius 3 is 2.61 bits per heavy atom. The number of nitro benzene ring substituents is 1. The Kier molecular flexibility index (Phi) is 4.89. The van der Waals surface area contributed by atoms with E-state index >= 15 is 0 Å². The maximum Gasteiger partial charge on any atom is 0.293 e. The van der Waals surface area contributed by atoms with Gasteiger partial charge in [0, 0.05) is 24.2 Å². The van der Waals surface area contributed by atoms with Crippen molar-refractivity contribution in [3.8, 4) is 0 Å². The maximum absolute atomic E-state index is 12.1. The van der Waals surface area contributed by atoms with Crippen molar-refractivity contribution in [2.45, 2.75) is 45.8 Å². The van der Waals surface area contributed by atoms with Gasteiger partial charge in [0.1, 0.15) is 5.69 Å². The Balaban J connectivity index is 2.08. The van der Waals surface area contributed by atoms with Gasteiger partial charge in [0.05, 0.1) is 11.0 Å². The summed E-state index contributed by atoms with van der Waals surface area (Å²) in [5.41, 5.74) is 0.181. The molecule has 3 N–H and O–H groups in total. The molecule has 23 heavy (non-hydrogen) atoms. The van der Waals surface area contributed by atoms with Crippen molar-refractivity contribution in [2.24, 2.45) is 5.41 Å². The monoisotopic (exact) mass is 321 g/mol. The van der Waals surface area contributed by atoms with Crippen LogP contribution in [0.25, 0.3) is 0 Å². The molecular formula is C16H23N3O4. The highest BCUT2D eigenvalue weighted by Crippen LogP contribution is 2.31. The molecule has 0 saturated heterocycles. The Hall–Kier alpha value is -2.15. The number of nitrogens with one attached hydrogen (secondary N) is 2. The first-order chi connectivity index (χ1) is 10.7. The Morgan fingerprint density at radius 1 is 1.43 bits per heavy atom. The van der Waals surface area contributed by atoms with Crippen LogP contribution in [0.5, 0.6) is 0 Å². The molecule has 1 fully saturated rings. The minimum Gasteiger partial charge on any atom is -0.391 e. The molecule has 1 aromatic carbocycles. The summed E-state index contributed by atoms with van der Waals surface area (Å²) in [5.74, 6) is -0.436. The molecule has 0 aromatic heterocycles. The summed E-state index contributed by atoms with van der Waals surface area (Å²) >= 11 is 0. The van der Waals surface area contributed by atoms with E-state index in [0.717, 1.165) is 12.8 Å². The lowest BCUT2D eigenvalue weighted by molar-refractivity contribution is -0.384. The fourth-order valence-electron chi connectivity index (χ4n) is 1.99. The van der Waals surface area contributed by atoms with Crippen LogP contribution in [0.1, 0.15) is 44.0 Å². The predicted molar refractivity (Wildman–Crippen MR) is 87.5 cm³/mol. The van der Waals surface area contributed by atoms with Crippen molar-refractivity contribution in [2.75, 3.05) is 11.9 Å². The van der Waals surface area contributed by atoms with Gasteiger partial charge in [-0.3, -0.25) is 14.9 Å². The minimum absolute atomic E-state index is 0.0954. The van der Waals surface area contributed by atoms with Crippen LogP contribution in [-0.2, 0) is 0 Å². The van der Waals surface area contributed by atoms with E-state index in [0.29, 0.717) is 5.69 Å². The first-order valence-electron chi connectivity index (χ1n) is 7.69. The standard InChI is InChI=1S/C16H23N3O4/c1-16(2,3)14(20)9-17-15(21)10-4-7-12(18-11-5-6-11)13(8-10)19(22)23/h4,7-8,11,14,18,20H,5-6,9H2,1-3H3,(H,17,21). The van der Waals surface area contributed by atoms with Gasteiger partial charge in [0.15, 0.2) is 0 Å². The van der Waals surface area contributed by atoms with Crippen LogP contribution >= 0.6 is 0 Å². The van der Waals surface area contributed by atoms with Gasteiger partial charge in [0.25, 0.3) is 11.6 Å². The molecular weight excluding hydrogens is 298 g/mol. The van der Waals surface area contributed by atoms with E-state index in [1.54, 1.807) is 12.1 Å². The molecule has 7 heteroatoms. The zero-order chi connectivity index (χ0) is 17.2. The van der Waals surface area contributed by atoms with E-state index < -0.39 is 16.9 Å². The molecule has 1 aliphatic rings. The fourth-order valence-corrected chi connectivity index (χ4v) is 1.99. The van der Waals surface area contributed by atoms with Gasteiger partial charge < -0.3 is 15.7 Å². The lowest BCUT2D eigenvalue weighted by Crippen LogP contribution is -2.39. The van der Waals surface area contributed by atoms with E-state index in [2.05, 4.69) is 10.6 Å². The van der Waals surface area contributed by atoms with Gasteiger partial charge >= 0.3 is 0 Å². The molecule has 1 aromatic rings. The second kappa shape index (κ2) is 6.54. The molecule has 0 heterocycles. The van der Waals surface area contributed by atoms with Gasteiger partial charge in [0.2, 0.25) is 0 Å². The number of carbonyl (C=O) groups is 1. The van der Waals surface area contributed by atoms with Crippen molar-refractivity contribution in [3.05, 3.63) is 33.9 Å². The van der Waals surface area contributed by atoms with Crippen LogP contribution < -0.4 is 10.6 Å². The molecule has 0 radical (unpaired) electrons. The Morgan fingerprint density at radius 2 is 2.09 bits per heavy atom. The molecule has 0 aliphatic heterocycles. The van der Waals surface area contributed by atoms with E-state index in [-0.39, 0.29) is 29.3 Å². The third kappa shape index (κ3) is 4.66. The van der Waals surface area contributed by atoms with Crippen LogP contribution in [0.15, 0.2) is 18.2 Å². The highest BCUT2D eigenvalue weighted by atomic mass is 16.6. The number of aliphatic hydroxyl groups is 1. The van der Waals surface area contributed by atoms with Crippen molar-refractivity contribution >= 4 is 17.3 Å². The molecule has 126 valence electrons. The topological polar surface area (TPSA) is 104 Å². The summed E-state index contributed by atoms with van der Waals surface area (Å²) in [7, 11) is 0. The van der Waals surface area contributed by atoms with Crippen molar-refractivity contribution in [1.82, 2.24) is 5.32 Å². The molecule has 0 spiro atoms. The summed E-state index contributed by atoms with van der Waals surface area (Å²) in [6, 6.07) is 4.67. The Labute approximate surface area is 135 Å². The molecule has 1 saturated carbocycles. The van der Waals surface area contributed by atoms with Crippen LogP contribution in [-0.4, -0.2) is 34.6 Å². The lowest BCUT2D eigenvalue weighted by atomic mass is 9.89. The molecule has 7 nitrogen and oxygen atoms in total. The minimum atomic E-state index is -0.697. The van der Waals surface area contributed by atoms with Crippen molar-refractivity contribution < 1.29 is 14.8 Å².